The van der Waals surface area contributed by atoms with Crippen molar-refractivity contribution >= 4 is 83.8 Å². The second-order valence-corrected chi connectivity index (χ2v) is 27.3. The van der Waals surface area contributed by atoms with Gasteiger partial charge in [0.05, 0.1) is 27.9 Å². The highest BCUT2D eigenvalue weighted by atomic mass is 15.2. The van der Waals surface area contributed by atoms with E-state index in [-0.39, 0.29) is 39.2 Å². The zero-order chi connectivity index (χ0) is 50.2. The largest absolute Gasteiger partial charge is 0.310 e. The molecule has 2 aliphatic heterocycles. The molecule has 11 rings (SSSR count). The number of benzene rings is 7. The Balaban J connectivity index is 1.35. The number of anilines is 3. The van der Waals surface area contributed by atoms with E-state index in [1.807, 2.05) is 0 Å². The molecule has 3 nitrogen and oxygen atoms in total. The van der Waals surface area contributed by atoms with E-state index >= 15 is 0 Å². The number of nitrogens with zero attached hydrogens (tertiary/aromatic N) is 3. The van der Waals surface area contributed by atoms with Gasteiger partial charge in [0.15, 0.2) is 0 Å². The molecule has 4 heteroatoms. The monoisotopic (exact) mass is 920 g/mol. The van der Waals surface area contributed by atoms with E-state index in [9.17, 15) is 0 Å². The fourth-order valence-electron chi connectivity index (χ4n) is 11.7. The van der Waals surface area contributed by atoms with Crippen LogP contribution in [-0.4, -0.2) is 15.8 Å². The molecule has 356 valence electrons. The molecule has 0 N–H and O–H groups in total. The highest BCUT2D eigenvalue weighted by Gasteiger charge is 2.45. The maximum absolute atomic E-state index is 2.65. The molecule has 2 aliphatic rings. The Morgan fingerprint density at radius 3 is 1.17 bits per heavy atom. The molecule has 0 unspecified atom stereocenters. The average molecular weight is 920 g/mol. The summed E-state index contributed by atoms with van der Waals surface area (Å²) in [7, 11) is 0. The molecule has 0 saturated heterocycles. The van der Waals surface area contributed by atoms with Crippen LogP contribution in [-0.2, 0) is 32.5 Å². The van der Waals surface area contributed by atoms with Crippen molar-refractivity contribution in [3.05, 3.63) is 155 Å². The molecule has 0 atom stereocenters. The van der Waals surface area contributed by atoms with Crippen molar-refractivity contribution in [1.29, 1.82) is 0 Å². The van der Waals surface area contributed by atoms with Gasteiger partial charge in [0.2, 0.25) is 0 Å². The van der Waals surface area contributed by atoms with E-state index in [1.165, 1.54) is 122 Å². The first-order valence-corrected chi connectivity index (χ1v) is 26.0. The van der Waals surface area contributed by atoms with Crippen LogP contribution in [0.1, 0.15) is 158 Å². The van der Waals surface area contributed by atoms with Gasteiger partial charge in [0.1, 0.15) is 0 Å². The molecule has 0 radical (unpaired) electrons. The Hall–Kier alpha value is -6.00. The molecule has 4 heterocycles. The first-order chi connectivity index (χ1) is 32.5. The Morgan fingerprint density at radius 1 is 0.314 bits per heavy atom. The summed E-state index contributed by atoms with van der Waals surface area (Å²) >= 11 is 0. The van der Waals surface area contributed by atoms with Crippen molar-refractivity contribution in [1.82, 2.24) is 9.13 Å². The van der Waals surface area contributed by atoms with E-state index in [4.69, 9.17) is 0 Å². The zero-order valence-corrected chi connectivity index (χ0v) is 45.5. The second kappa shape index (κ2) is 14.8. The number of fused-ring (bicyclic) bond motifs is 10. The lowest BCUT2D eigenvalue weighted by Gasteiger charge is -2.42. The summed E-state index contributed by atoms with van der Waals surface area (Å²) in [5.74, 6) is 0. The van der Waals surface area contributed by atoms with E-state index in [1.54, 1.807) is 0 Å². The molecule has 0 saturated carbocycles. The lowest BCUT2D eigenvalue weighted by atomic mass is 9.33. The summed E-state index contributed by atoms with van der Waals surface area (Å²) in [6, 6.07) is 48.8. The average Bonchev–Trinajstić information content (AvgIpc) is 3.78. The topological polar surface area (TPSA) is 13.1 Å². The summed E-state index contributed by atoms with van der Waals surface area (Å²) in [5.41, 5.74) is 23.3. The van der Waals surface area contributed by atoms with Gasteiger partial charge in [0.25, 0.3) is 6.71 Å². The third-order valence-corrected chi connectivity index (χ3v) is 16.0. The Bertz CT molecular complexity index is 3570. The molecule has 0 spiro atoms. The fourth-order valence-corrected chi connectivity index (χ4v) is 11.7. The van der Waals surface area contributed by atoms with Crippen molar-refractivity contribution in [2.45, 2.75) is 157 Å². The van der Waals surface area contributed by atoms with Crippen LogP contribution in [0.25, 0.3) is 55.0 Å². The van der Waals surface area contributed by atoms with Crippen LogP contribution < -0.4 is 21.3 Å². The highest BCUT2D eigenvalue weighted by molar-refractivity contribution is 7.00. The lowest BCUT2D eigenvalue weighted by Crippen LogP contribution is -2.61. The number of aromatic nitrogens is 2. The number of hydrogen-bond donors (Lipinski definition) is 0. The van der Waals surface area contributed by atoms with Gasteiger partial charge in [-0.1, -0.05) is 173 Å². The van der Waals surface area contributed by atoms with Gasteiger partial charge in [-0.25, -0.2) is 0 Å². The van der Waals surface area contributed by atoms with Gasteiger partial charge in [-0.15, -0.1) is 0 Å². The van der Waals surface area contributed by atoms with Crippen molar-refractivity contribution in [2.75, 3.05) is 4.90 Å². The number of hydrogen-bond acceptors (Lipinski definition) is 1. The van der Waals surface area contributed by atoms with Crippen molar-refractivity contribution < 1.29 is 0 Å². The van der Waals surface area contributed by atoms with Gasteiger partial charge in [0, 0.05) is 44.1 Å². The maximum atomic E-state index is 2.65. The lowest BCUT2D eigenvalue weighted by molar-refractivity contribution is 0.590. The molecular weight excluding hydrogens is 846 g/mol. The standard InChI is InChI=1S/C66H74BN3/c1-61(2,3)39-19-25-45(26-20-39)68-55-30-24-43(65(13,14)15)37-50(55)67-51-38-44(66(16,17)18)36-49-48-35-42(64(10,11)12)23-29-54(48)70(59(49)51)56-31-32-57(60(68)58(56)67)69-52-27-21-40(62(4,5)6)33-46(52)47-34-41(63(7,8)9)22-28-53(47)69/h19-38H,1-18H3. The summed E-state index contributed by atoms with van der Waals surface area (Å²) in [6.45, 7) is 42.2. The first kappa shape index (κ1) is 46.4. The van der Waals surface area contributed by atoms with Crippen LogP contribution in [0.4, 0.5) is 17.1 Å². The molecule has 70 heavy (non-hydrogen) atoms. The van der Waals surface area contributed by atoms with Crippen LogP contribution >= 0.6 is 0 Å². The van der Waals surface area contributed by atoms with Crippen molar-refractivity contribution in [3.8, 4) is 11.4 Å². The Morgan fingerprint density at radius 2 is 0.686 bits per heavy atom. The predicted octanol–water partition coefficient (Wildman–Crippen LogP) is 16.3. The van der Waals surface area contributed by atoms with Crippen LogP contribution in [0.5, 0.6) is 0 Å². The fraction of sp³-hybridized carbons (Fsp3) is 0.364. The van der Waals surface area contributed by atoms with Crippen LogP contribution in [0, 0.1) is 0 Å². The van der Waals surface area contributed by atoms with E-state index in [0.29, 0.717) is 0 Å². The zero-order valence-electron chi connectivity index (χ0n) is 45.5. The van der Waals surface area contributed by atoms with Crippen LogP contribution in [0.3, 0.4) is 0 Å². The van der Waals surface area contributed by atoms with Gasteiger partial charge >= 0.3 is 0 Å². The highest BCUT2D eigenvalue weighted by Crippen LogP contribution is 2.48. The van der Waals surface area contributed by atoms with Crippen molar-refractivity contribution in [3.63, 3.8) is 0 Å². The number of rotatable bonds is 2. The molecule has 0 aliphatic carbocycles. The normalized spacial score (nSPS) is 14.4. The maximum Gasteiger partial charge on any atom is 0.252 e. The van der Waals surface area contributed by atoms with E-state index < -0.39 is 0 Å². The minimum atomic E-state index is -0.0713. The summed E-state index contributed by atoms with van der Waals surface area (Å²) in [6.07, 6.45) is 0. The Kier molecular flexibility index (Phi) is 9.80. The summed E-state index contributed by atoms with van der Waals surface area (Å²) in [4.78, 5) is 2.64. The first-order valence-electron chi connectivity index (χ1n) is 26.0. The minimum absolute atomic E-state index is 0.00125. The molecule has 0 fully saturated rings. The molecule has 0 bridgehead atoms. The molecule has 7 aromatic carbocycles. The summed E-state index contributed by atoms with van der Waals surface area (Å²) in [5, 5.41) is 5.28. The molecule has 9 aromatic rings. The summed E-state index contributed by atoms with van der Waals surface area (Å²) < 4.78 is 5.26. The predicted molar refractivity (Wildman–Crippen MR) is 307 cm³/mol. The minimum Gasteiger partial charge on any atom is -0.310 e. The van der Waals surface area contributed by atoms with Gasteiger partial charge in [-0.05, 0) is 155 Å². The van der Waals surface area contributed by atoms with E-state index in [0.717, 1.165) is 0 Å². The SMILES string of the molecule is CC(C)(C)c1ccc(N2c3ccc(C(C)(C)C)cc3B3c4c(ccc(-n5c6ccc(C(C)(C)C)cc6c6cc(C(C)(C)C)ccc65)c42)-n2c4ccc(C(C)(C)C)cc4c4cc(C(C)(C)C)cc3c42)cc1. The van der Waals surface area contributed by atoms with Gasteiger partial charge in [-0.3, -0.25) is 0 Å². The molecule has 0 amide bonds. The van der Waals surface area contributed by atoms with Crippen molar-refractivity contribution in [2.24, 2.45) is 0 Å². The van der Waals surface area contributed by atoms with Crippen LogP contribution in [0.2, 0.25) is 0 Å². The molecule has 2 aromatic heterocycles. The quantitative estimate of drug-likeness (QED) is 0.158. The van der Waals surface area contributed by atoms with Crippen LogP contribution in [0.15, 0.2) is 121 Å². The second-order valence-electron chi connectivity index (χ2n) is 27.3. The molecular formula is C66H74BN3. The smallest absolute Gasteiger partial charge is 0.252 e. The Labute approximate surface area is 419 Å². The van der Waals surface area contributed by atoms with Gasteiger partial charge in [-0.2, -0.15) is 0 Å². The van der Waals surface area contributed by atoms with Gasteiger partial charge < -0.3 is 14.0 Å². The third kappa shape index (κ3) is 7.04. The van der Waals surface area contributed by atoms with E-state index in [2.05, 4.69) is 260 Å². The third-order valence-electron chi connectivity index (χ3n) is 16.0.